The Labute approximate surface area is 78.8 Å². The summed E-state index contributed by atoms with van der Waals surface area (Å²) in [6, 6.07) is 5.12. The van der Waals surface area contributed by atoms with E-state index in [9.17, 15) is 5.11 Å². The summed E-state index contributed by atoms with van der Waals surface area (Å²) in [7, 11) is 5.65. The summed E-state index contributed by atoms with van der Waals surface area (Å²) in [6.07, 6.45) is 0.133. The average molecular weight is 180 g/mol. The van der Waals surface area contributed by atoms with Gasteiger partial charge in [0, 0.05) is 5.02 Å². The first-order valence-electron chi connectivity index (χ1n) is 3.88. The third kappa shape index (κ3) is 2.02. The van der Waals surface area contributed by atoms with Crippen LogP contribution in [0.15, 0.2) is 18.2 Å². The second-order valence-corrected chi connectivity index (χ2v) is 3.13. The molecule has 1 nitrogen and oxygen atoms in total. The highest BCUT2D eigenvalue weighted by Crippen LogP contribution is 2.17. The van der Waals surface area contributed by atoms with Gasteiger partial charge in [-0.05, 0) is 24.1 Å². The fraction of sp³-hybridized carbons (Fsp3) is 0.333. The highest BCUT2D eigenvalue weighted by Gasteiger charge is 2.07. The van der Waals surface area contributed by atoms with Crippen LogP contribution in [0.5, 0.6) is 0 Å². The van der Waals surface area contributed by atoms with Crippen LogP contribution in [0.1, 0.15) is 25.0 Å². The lowest BCUT2D eigenvalue weighted by atomic mass is 9.87. The molecule has 0 spiro atoms. The largest absolute Gasteiger partial charge is 0.388 e. The molecule has 0 heterocycles. The van der Waals surface area contributed by atoms with Gasteiger partial charge >= 0.3 is 0 Å². The van der Waals surface area contributed by atoms with Gasteiger partial charge in [-0.15, -0.1) is 0 Å². The van der Waals surface area contributed by atoms with Crippen molar-refractivity contribution in [1.82, 2.24) is 0 Å². The van der Waals surface area contributed by atoms with Crippen molar-refractivity contribution in [3.05, 3.63) is 28.8 Å². The van der Waals surface area contributed by atoms with Gasteiger partial charge in [-0.1, -0.05) is 30.1 Å². The lowest BCUT2D eigenvalue weighted by molar-refractivity contribution is 0.175. The summed E-state index contributed by atoms with van der Waals surface area (Å²) in [5.74, 6) is 0. The lowest BCUT2D eigenvalue weighted by Gasteiger charge is -2.11. The van der Waals surface area contributed by atoms with Crippen molar-refractivity contribution in [2.24, 2.45) is 0 Å². The lowest BCUT2D eigenvalue weighted by Crippen LogP contribution is -2.13. The Morgan fingerprint density at radius 1 is 1.58 bits per heavy atom. The zero-order valence-electron chi connectivity index (χ0n) is 6.92. The first-order valence-corrected chi connectivity index (χ1v) is 4.26. The molecule has 0 saturated carbocycles. The number of aliphatic hydroxyl groups is 1. The van der Waals surface area contributed by atoms with Crippen molar-refractivity contribution in [2.45, 2.75) is 19.4 Å². The molecule has 0 unspecified atom stereocenters. The van der Waals surface area contributed by atoms with E-state index in [0.29, 0.717) is 22.5 Å². The van der Waals surface area contributed by atoms with E-state index in [1.807, 2.05) is 6.92 Å². The molecule has 0 fully saturated rings. The minimum Gasteiger partial charge on any atom is -0.388 e. The second kappa shape index (κ2) is 3.97. The Kier molecular flexibility index (Phi) is 3.18. The highest BCUT2D eigenvalue weighted by molar-refractivity contribution is 6.35. The Morgan fingerprint density at radius 2 is 2.25 bits per heavy atom. The molecule has 1 N–H and O–H groups in total. The fourth-order valence-corrected chi connectivity index (χ4v) is 1.23. The second-order valence-electron chi connectivity index (χ2n) is 2.70. The molecule has 1 aromatic carbocycles. The molecule has 62 valence electrons. The summed E-state index contributed by atoms with van der Waals surface area (Å²) in [5.41, 5.74) is 1.30. The van der Waals surface area contributed by atoms with Crippen LogP contribution in [0.4, 0.5) is 0 Å². The normalized spacial score (nSPS) is 12.9. The maximum Gasteiger partial charge on any atom is 0.114 e. The maximum atomic E-state index is 9.50. The van der Waals surface area contributed by atoms with E-state index in [4.69, 9.17) is 19.4 Å². The van der Waals surface area contributed by atoms with Gasteiger partial charge in [-0.25, -0.2) is 0 Å². The summed E-state index contributed by atoms with van der Waals surface area (Å²) in [5, 5.41) is 10.1. The van der Waals surface area contributed by atoms with Crippen molar-refractivity contribution >= 4 is 24.9 Å². The minimum atomic E-state index is -0.510. The van der Waals surface area contributed by atoms with Crippen LogP contribution in [0, 0.1) is 0 Å². The molecule has 0 aliphatic carbocycles. The van der Waals surface area contributed by atoms with Gasteiger partial charge in [0.05, 0.1) is 6.10 Å². The molecule has 0 aliphatic heterocycles. The van der Waals surface area contributed by atoms with E-state index in [0.717, 1.165) is 0 Å². The Balaban J connectivity index is 3.04. The molecule has 12 heavy (non-hydrogen) atoms. The maximum absolute atomic E-state index is 9.50. The molecule has 0 amide bonds. The van der Waals surface area contributed by atoms with Crippen LogP contribution >= 0.6 is 11.6 Å². The fourth-order valence-electron chi connectivity index (χ4n) is 1.05. The minimum absolute atomic E-state index is 0.510. The van der Waals surface area contributed by atoms with E-state index in [2.05, 4.69) is 0 Å². The topological polar surface area (TPSA) is 20.2 Å². The molecule has 0 aromatic heterocycles. The van der Waals surface area contributed by atoms with Crippen LogP contribution in [0.2, 0.25) is 5.02 Å². The number of hydrogen-bond acceptors (Lipinski definition) is 1. The molecule has 1 aromatic rings. The molecular formula is C9H10BClO. The van der Waals surface area contributed by atoms with Crippen LogP contribution < -0.4 is 5.46 Å². The third-order valence-corrected chi connectivity index (χ3v) is 2.03. The number of aliphatic hydroxyl groups excluding tert-OH is 1. The number of benzene rings is 1. The van der Waals surface area contributed by atoms with Crippen molar-refractivity contribution in [3.8, 4) is 0 Å². The van der Waals surface area contributed by atoms with E-state index in [1.54, 1.807) is 18.2 Å². The summed E-state index contributed by atoms with van der Waals surface area (Å²) in [4.78, 5) is 0. The van der Waals surface area contributed by atoms with Crippen LogP contribution in [-0.4, -0.2) is 13.0 Å². The van der Waals surface area contributed by atoms with Crippen molar-refractivity contribution in [2.75, 3.05) is 0 Å². The molecule has 1 rings (SSSR count). The van der Waals surface area contributed by atoms with E-state index in [1.165, 1.54) is 0 Å². The van der Waals surface area contributed by atoms with Gasteiger partial charge < -0.3 is 5.11 Å². The van der Waals surface area contributed by atoms with Gasteiger partial charge in [0.15, 0.2) is 0 Å². The summed E-state index contributed by atoms with van der Waals surface area (Å²) < 4.78 is 0. The first-order chi connectivity index (χ1) is 5.65. The predicted octanol–water partition coefficient (Wildman–Crippen LogP) is 1.58. The summed E-state index contributed by atoms with van der Waals surface area (Å²) >= 11 is 5.75. The monoisotopic (exact) mass is 180 g/mol. The Morgan fingerprint density at radius 3 is 2.83 bits per heavy atom. The average Bonchev–Trinajstić information content (AvgIpc) is 2.08. The molecule has 0 aliphatic rings. The molecule has 0 bridgehead atoms. The molecule has 3 heteroatoms. The van der Waals surface area contributed by atoms with Crippen molar-refractivity contribution in [1.29, 1.82) is 0 Å². The summed E-state index contributed by atoms with van der Waals surface area (Å²) in [6.45, 7) is 1.89. The van der Waals surface area contributed by atoms with Gasteiger partial charge in [-0.3, -0.25) is 0 Å². The molecule has 1 atom stereocenters. The smallest absolute Gasteiger partial charge is 0.114 e. The highest BCUT2D eigenvalue weighted by atomic mass is 35.5. The third-order valence-electron chi connectivity index (χ3n) is 1.79. The number of hydrogen-bond donors (Lipinski definition) is 1. The zero-order valence-corrected chi connectivity index (χ0v) is 7.67. The molecule has 0 saturated heterocycles. The van der Waals surface area contributed by atoms with Gasteiger partial charge in [0.25, 0.3) is 0 Å². The number of rotatable bonds is 2. The van der Waals surface area contributed by atoms with Crippen LogP contribution in [0.3, 0.4) is 0 Å². The standard InChI is InChI=1S/C9H10BClO/c1-2-9(12)7-5-6(11)3-4-8(7)10/h3-5,9,12H,2H2,1H3/t9-/m1/s1. The van der Waals surface area contributed by atoms with E-state index < -0.39 is 6.10 Å². The number of halogens is 1. The Hall–Kier alpha value is -0.465. The van der Waals surface area contributed by atoms with E-state index in [-0.39, 0.29) is 0 Å². The van der Waals surface area contributed by atoms with Crippen LogP contribution in [0.25, 0.3) is 0 Å². The predicted molar refractivity (Wildman–Crippen MR) is 52.1 cm³/mol. The van der Waals surface area contributed by atoms with Gasteiger partial charge in [-0.2, -0.15) is 0 Å². The first kappa shape index (κ1) is 9.62. The quantitative estimate of drug-likeness (QED) is 0.685. The van der Waals surface area contributed by atoms with Gasteiger partial charge in [0.1, 0.15) is 7.85 Å². The molecular weight excluding hydrogens is 170 g/mol. The van der Waals surface area contributed by atoms with Crippen molar-refractivity contribution < 1.29 is 5.11 Å². The molecule has 2 radical (unpaired) electrons. The van der Waals surface area contributed by atoms with E-state index >= 15 is 0 Å². The van der Waals surface area contributed by atoms with Crippen LogP contribution in [-0.2, 0) is 0 Å². The van der Waals surface area contributed by atoms with Crippen molar-refractivity contribution in [3.63, 3.8) is 0 Å². The van der Waals surface area contributed by atoms with Gasteiger partial charge in [0.2, 0.25) is 0 Å². The SMILES string of the molecule is [B]c1ccc(Cl)cc1[C@H](O)CC. The zero-order chi connectivity index (χ0) is 9.14. The Bertz CT molecular complexity index is 275.